The Labute approximate surface area is 266 Å². The molecule has 3 aromatic rings. The number of rotatable bonds is 8. The molecule has 2 saturated carbocycles. The van der Waals surface area contributed by atoms with Gasteiger partial charge in [-0.3, -0.25) is 9.69 Å². The molecule has 3 aliphatic heterocycles. The van der Waals surface area contributed by atoms with E-state index >= 15 is 0 Å². The summed E-state index contributed by atoms with van der Waals surface area (Å²) in [6, 6.07) is 23.2. The topological polar surface area (TPSA) is 62.2 Å². The van der Waals surface area contributed by atoms with Crippen LogP contribution in [-0.2, 0) is 29.7 Å². The van der Waals surface area contributed by atoms with Gasteiger partial charge in [0.2, 0.25) is 5.91 Å². The van der Waals surface area contributed by atoms with Crippen LogP contribution in [0.5, 0.6) is 11.5 Å². The van der Waals surface area contributed by atoms with Gasteiger partial charge in [0.15, 0.2) is 11.5 Å². The van der Waals surface area contributed by atoms with Gasteiger partial charge in [0.25, 0.3) is 0 Å². The first-order valence-electron chi connectivity index (χ1n) is 17.3. The minimum Gasteiger partial charge on any atom is -0.485 e. The molecule has 3 heterocycles. The second-order valence-electron chi connectivity index (χ2n) is 14.9. The Hall–Kier alpha value is -3.35. The smallest absolute Gasteiger partial charge is 0.226 e. The van der Waals surface area contributed by atoms with Gasteiger partial charge in [-0.25, -0.2) is 0 Å². The fraction of sp³-hybridized carbons (Fsp3) is 0.513. The molecule has 6 aliphatic rings. The summed E-state index contributed by atoms with van der Waals surface area (Å²) >= 11 is 0. The van der Waals surface area contributed by atoms with Crippen molar-refractivity contribution < 1.29 is 19.4 Å². The summed E-state index contributed by atoms with van der Waals surface area (Å²) in [6.07, 6.45) is 7.15. The zero-order valence-corrected chi connectivity index (χ0v) is 26.3. The molecule has 1 N–H and O–H groups in total. The molecule has 3 aliphatic carbocycles. The number of nitrogens with zero attached hydrogens (tertiary/aromatic N) is 2. The fourth-order valence-corrected chi connectivity index (χ4v) is 9.90. The van der Waals surface area contributed by atoms with Crippen LogP contribution in [0.2, 0.25) is 0 Å². The minimum absolute atomic E-state index is 0.00499. The summed E-state index contributed by atoms with van der Waals surface area (Å²) < 4.78 is 13.6. The van der Waals surface area contributed by atoms with Gasteiger partial charge in [0.1, 0.15) is 12.7 Å². The van der Waals surface area contributed by atoms with Gasteiger partial charge in [-0.2, -0.15) is 0 Å². The van der Waals surface area contributed by atoms with Crippen molar-refractivity contribution >= 4 is 5.91 Å². The second kappa shape index (κ2) is 10.3. The Morgan fingerprint density at radius 2 is 1.76 bits per heavy atom. The largest absolute Gasteiger partial charge is 0.485 e. The first-order chi connectivity index (χ1) is 21.9. The molecule has 9 rings (SSSR count). The van der Waals surface area contributed by atoms with E-state index in [1.165, 1.54) is 35.1 Å². The molecule has 234 valence electrons. The van der Waals surface area contributed by atoms with Crippen LogP contribution in [0.4, 0.5) is 0 Å². The molecule has 1 amide bonds. The highest BCUT2D eigenvalue weighted by Gasteiger charge is 2.73. The Kier molecular flexibility index (Phi) is 6.41. The first-order valence-corrected chi connectivity index (χ1v) is 17.3. The maximum atomic E-state index is 14.1. The molecule has 6 heteroatoms. The lowest BCUT2D eigenvalue weighted by Crippen LogP contribution is -2.78. The molecule has 2 bridgehead atoms. The van der Waals surface area contributed by atoms with Crippen LogP contribution in [0.25, 0.3) is 0 Å². The zero-order valence-electron chi connectivity index (χ0n) is 26.3. The lowest BCUT2D eigenvalue weighted by atomic mass is 9.48. The van der Waals surface area contributed by atoms with Crippen molar-refractivity contribution in [1.82, 2.24) is 9.80 Å². The van der Waals surface area contributed by atoms with Crippen molar-refractivity contribution in [2.75, 3.05) is 19.6 Å². The first kappa shape index (κ1) is 27.9. The Morgan fingerprint density at radius 3 is 2.56 bits per heavy atom. The zero-order chi connectivity index (χ0) is 30.3. The van der Waals surface area contributed by atoms with Crippen LogP contribution in [0, 0.1) is 18.8 Å². The Morgan fingerprint density at radius 1 is 0.933 bits per heavy atom. The second-order valence-corrected chi connectivity index (χ2v) is 14.9. The molecular weight excluding hydrogens is 560 g/mol. The van der Waals surface area contributed by atoms with Gasteiger partial charge < -0.3 is 19.5 Å². The number of hydrogen-bond donors (Lipinski definition) is 1. The molecule has 4 fully saturated rings. The van der Waals surface area contributed by atoms with Gasteiger partial charge >= 0.3 is 0 Å². The molecule has 6 nitrogen and oxygen atoms in total. The molecule has 2 saturated heterocycles. The molecule has 0 aromatic heterocycles. The van der Waals surface area contributed by atoms with Crippen LogP contribution in [-0.4, -0.2) is 64.2 Å². The third kappa shape index (κ3) is 4.24. The maximum absolute atomic E-state index is 14.1. The van der Waals surface area contributed by atoms with E-state index in [4.69, 9.17) is 9.47 Å². The number of carbonyl (C=O) groups is 1. The van der Waals surface area contributed by atoms with Gasteiger partial charge in [-0.1, -0.05) is 66.2 Å². The molecular formula is C39H44N2O4. The number of piperidine rings is 1. The van der Waals surface area contributed by atoms with E-state index in [0.717, 1.165) is 74.7 Å². The van der Waals surface area contributed by atoms with Gasteiger partial charge in [0, 0.05) is 30.6 Å². The van der Waals surface area contributed by atoms with E-state index in [2.05, 4.69) is 65.3 Å². The Balaban J connectivity index is 1.07. The maximum Gasteiger partial charge on any atom is 0.226 e. The van der Waals surface area contributed by atoms with E-state index in [-0.39, 0.29) is 30.0 Å². The predicted octanol–water partition coefficient (Wildman–Crippen LogP) is 5.60. The lowest BCUT2D eigenvalue weighted by Gasteiger charge is -2.64. The average molecular weight is 605 g/mol. The number of amides is 1. The summed E-state index contributed by atoms with van der Waals surface area (Å²) in [5, 5.41) is 13.0. The minimum atomic E-state index is -0.887. The predicted molar refractivity (Wildman–Crippen MR) is 172 cm³/mol. The highest BCUT2D eigenvalue weighted by molar-refractivity contribution is 5.82. The van der Waals surface area contributed by atoms with E-state index in [1.807, 2.05) is 18.2 Å². The third-order valence-electron chi connectivity index (χ3n) is 12.3. The van der Waals surface area contributed by atoms with E-state index in [1.54, 1.807) is 0 Å². The van der Waals surface area contributed by atoms with Crippen LogP contribution in [0.15, 0.2) is 66.7 Å². The van der Waals surface area contributed by atoms with Gasteiger partial charge in [-0.15, -0.1) is 0 Å². The summed E-state index contributed by atoms with van der Waals surface area (Å²) in [7, 11) is 0. The molecule has 45 heavy (non-hydrogen) atoms. The van der Waals surface area contributed by atoms with E-state index in [0.29, 0.717) is 13.0 Å². The van der Waals surface area contributed by atoms with Crippen LogP contribution in [0.1, 0.15) is 66.3 Å². The molecule has 1 spiro atoms. The van der Waals surface area contributed by atoms with Crippen molar-refractivity contribution in [3.8, 4) is 11.5 Å². The lowest BCUT2D eigenvalue weighted by molar-refractivity contribution is -0.200. The molecule has 1 unspecified atom stereocenters. The quantitative estimate of drug-likeness (QED) is 0.363. The van der Waals surface area contributed by atoms with E-state index in [9.17, 15) is 9.90 Å². The number of benzene rings is 3. The normalized spacial score (nSPS) is 33.2. The molecule has 6 atom stereocenters. The van der Waals surface area contributed by atoms with Crippen molar-refractivity contribution in [2.24, 2.45) is 11.8 Å². The summed E-state index contributed by atoms with van der Waals surface area (Å²) in [6.45, 7) is 5.37. The highest BCUT2D eigenvalue weighted by Crippen LogP contribution is 2.66. The highest BCUT2D eigenvalue weighted by atomic mass is 16.5. The van der Waals surface area contributed by atoms with Crippen molar-refractivity contribution in [2.45, 2.75) is 94.1 Å². The standard InChI is InChI=1S/C39H44N2O4/c1-25-7-9-26(10-8-25)21-30-16-19-41(37(30)42)31-15-17-39(43)33-22-29-13-14-32(44-24-28-5-3-2-4-6-28)35-34(29)38(39,36(31)45-35)18-20-40(33)23-27-11-12-27/h2-10,13-14,27,30-31,33,36,43H,11-12,15-24H2,1H3/t30?,31-,33-,36-,38-,39+/m0/s1. The number of carbonyl (C=O) groups excluding carboxylic acids is 1. The monoisotopic (exact) mass is 604 g/mol. The summed E-state index contributed by atoms with van der Waals surface area (Å²) in [5.41, 5.74) is 4.62. The SMILES string of the molecule is Cc1ccc(CC2CCN([C@H]3CC[C@@]4(O)[C@@H]5Cc6ccc(OCc7ccccc7)c7c6[C@@]4(CCN5CC4CC4)[C@H]3O7)C2=O)cc1. The molecule has 3 aromatic carbocycles. The number of aryl methyl sites for hydroxylation is 1. The van der Waals surface area contributed by atoms with E-state index < -0.39 is 11.0 Å². The van der Waals surface area contributed by atoms with Crippen LogP contribution < -0.4 is 9.47 Å². The number of likely N-dealkylation sites (tertiary alicyclic amines) is 2. The summed E-state index contributed by atoms with van der Waals surface area (Å²) in [5.74, 6) is 2.59. The number of ether oxygens (including phenoxy) is 2. The van der Waals surface area contributed by atoms with Crippen LogP contribution >= 0.6 is 0 Å². The van der Waals surface area contributed by atoms with Gasteiger partial charge in [0.05, 0.1) is 17.1 Å². The third-order valence-corrected chi connectivity index (χ3v) is 12.3. The molecule has 0 radical (unpaired) electrons. The number of hydrogen-bond acceptors (Lipinski definition) is 5. The van der Waals surface area contributed by atoms with Crippen molar-refractivity contribution in [3.05, 3.63) is 94.5 Å². The Bertz CT molecular complexity index is 1620. The average Bonchev–Trinajstić information content (AvgIpc) is 3.70. The van der Waals surface area contributed by atoms with Crippen molar-refractivity contribution in [1.29, 1.82) is 0 Å². The number of aliphatic hydroxyl groups is 1. The fourth-order valence-electron chi connectivity index (χ4n) is 9.90. The van der Waals surface area contributed by atoms with Crippen molar-refractivity contribution in [3.63, 3.8) is 0 Å². The summed E-state index contributed by atoms with van der Waals surface area (Å²) in [4.78, 5) is 18.9. The van der Waals surface area contributed by atoms with Gasteiger partial charge in [-0.05, 0) is 93.5 Å². The van der Waals surface area contributed by atoms with Crippen LogP contribution in [0.3, 0.4) is 0 Å².